The summed E-state index contributed by atoms with van der Waals surface area (Å²) in [6.07, 6.45) is 4.50. The number of carboxylic acids is 1. The second-order valence-electron chi connectivity index (χ2n) is 3.79. The molecule has 18 heavy (non-hydrogen) atoms. The van der Waals surface area contributed by atoms with Crippen molar-refractivity contribution < 1.29 is 9.90 Å². The van der Waals surface area contributed by atoms with E-state index in [0.717, 1.165) is 12.1 Å². The molecule has 0 aliphatic heterocycles. The van der Waals surface area contributed by atoms with Gasteiger partial charge in [-0.25, -0.2) is 4.98 Å². The van der Waals surface area contributed by atoms with Crippen molar-refractivity contribution in [1.82, 2.24) is 9.55 Å². The fourth-order valence-corrected chi connectivity index (χ4v) is 2.34. The van der Waals surface area contributed by atoms with E-state index in [0.29, 0.717) is 5.16 Å². The van der Waals surface area contributed by atoms with Crippen LogP contribution in [0.3, 0.4) is 0 Å². The van der Waals surface area contributed by atoms with Gasteiger partial charge in [0.15, 0.2) is 5.16 Å². The zero-order valence-electron chi connectivity index (χ0n) is 10.0. The molecule has 0 saturated heterocycles. The van der Waals surface area contributed by atoms with Gasteiger partial charge in [-0.15, -0.1) is 0 Å². The molecule has 1 N–H and O–H groups in total. The number of imidazole rings is 1. The number of thioether (sulfide) groups is 1. The van der Waals surface area contributed by atoms with Gasteiger partial charge >= 0.3 is 5.97 Å². The van der Waals surface area contributed by atoms with Crippen LogP contribution in [0.2, 0.25) is 0 Å². The normalized spacial score (nSPS) is 10.5. The molecule has 4 nitrogen and oxygen atoms in total. The minimum Gasteiger partial charge on any atom is -0.481 e. The third kappa shape index (κ3) is 2.92. The standard InChI is InChI=1S/C13H14N2O2S/c1-2-10-4-3-5-11(8-10)15-7-6-14-13(15)18-9-12(16)17/h3-8H,2,9H2,1H3,(H,16,17). The van der Waals surface area contributed by atoms with Gasteiger partial charge in [-0.05, 0) is 24.1 Å². The van der Waals surface area contributed by atoms with Crippen molar-refractivity contribution in [3.63, 3.8) is 0 Å². The minimum absolute atomic E-state index is 0.0183. The van der Waals surface area contributed by atoms with Crippen LogP contribution in [0.25, 0.3) is 5.69 Å². The average molecular weight is 262 g/mol. The Bertz CT molecular complexity index is 551. The summed E-state index contributed by atoms with van der Waals surface area (Å²) in [6, 6.07) is 8.16. The molecule has 0 atom stereocenters. The van der Waals surface area contributed by atoms with Crippen LogP contribution in [0.4, 0.5) is 0 Å². The second-order valence-corrected chi connectivity index (χ2v) is 4.73. The number of benzene rings is 1. The number of aryl methyl sites for hydroxylation is 1. The lowest BCUT2D eigenvalue weighted by Crippen LogP contribution is -2.01. The number of aliphatic carboxylic acids is 1. The Morgan fingerprint density at radius 2 is 2.33 bits per heavy atom. The molecule has 5 heteroatoms. The highest BCUT2D eigenvalue weighted by atomic mass is 32.2. The first-order valence-corrected chi connectivity index (χ1v) is 6.66. The predicted octanol–water partition coefficient (Wildman–Crippen LogP) is 2.61. The average Bonchev–Trinajstić information content (AvgIpc) is 2.84. The number of nitrogens with zero attached hydrogens (tertiary/aromatic N) is 2. The highest BCUT2D eigenvalue weighted by Crippen LogP contribution is 2.21. The summed E-state index contributed by atoms with van der Waals surface area (Å²) in [6.45, 7) is 2.10. The molecule has 1 aromatic carbocycles. The number of rotatable bonds is 5. The Morgan fingerprint density at radius 1 is 1.50 bits per heavy atom. The lowest BCUT2D eigenvalue weighted by Gasteiger charge is -2.08. The summed E-state index contributed by atoms with van der Waals surface area (Å²) < 4.78 is 1.91. The van der Waals surface area contributed by atoms with Crippen LogP contribution in [0, 0.1) is 0 Å². The fourth-order valence-electron chi connectivity index (χ4n) is 1.65. The molecule has 0 aliphatic rings. The van der Waals surface area contributed by atoms with E-state index in [9.17, 15) is 4.79 Å². The maximum absolute atomic E-state index is 10.6. The number of aromatic nitrogens is 2. The molecule has 0 bridgehead atoms. The Labute approximate surface area is 110 Å². The highest BCUT2D eigenvalue weighted by molar-refractivity contribution is 7.99. The summed E-state index contributed by atoms with van der Waals surface area (Å²) in [7, 11) is 0. The molecule has 0 fully saturated rings. The van der Waals surface area contributed by atoms with Crippen LogP contribution in [0.5, 0.6) is 0 Å². The van der Waals surface area contributed by atoms with Gasteiger partial charge in [-0.1, -0.05) is 30.8 Å². The molecule has 0 spiro atoms. The number of carbonyl (C=O) groups is 1. The van der Waals surface area contributed by atoms with Crippen molar-refractivity contribution in [2.24, 2.45) is 0 Å². The monoisotopic (exact) mass is 262 g/mol. The van der Waals surface area contributed by atoms with E-state index in [-0.39, 0.29) is 5.75 Å². The van der Waals surface area contributed by atoms with Crippen molar-refractivity contribution in [3.05, 3.63) is 42.2 Å². The highest BCUT2D eigenvalue weighted by Gasteiger charge is 2.08. The summed E-state index contributed by atoms with van der Waals surface area (Å²) in [4.78, 5) is 14.8. The van der Waals surface area contributed by atoms with E-state index >= 15 is 0 Å². The quantitative estimate of drug-likeness (QED) is 0.842. The van der Waals surface area contributed by atoms with Gasteiger partial charge < -0.3 is 5.11 Å². The van der Waals surface area contributed by atoms with Crippen LogP contribution in [0.1, 0.15) is 12.5 Å². The zero-order valence-corrected chi connectivity index (χ0v) is 10.9. The molecule has 2 rings (SSSR count). The molecule has 94 valence electrons. The van der Waals surface area contributed by atoms with E-state index in [2.05, 4.69) is 24.0 Å². The molecule has 1 heterocycles. The number of hydrogen-bond acceptors (Lipinski definition) is 3. The van der Waals surface area contributed by atoms with E-state index in [1.165, 1.54) is 17.3 Å². The van der Waals surface area contributed by atoms with Crippen LogP contribution in [-0.2, 0) is 11.2 Å². The molecule has 0 aliphatic carbocycles. The third-order valence-electron chi connectivity index (χ3n) is 2.53. The smallest absolute Gasteiger partial charge is 0.313 e. The lowest BCUT2D eigenvalue weighted by atomic mass is 10.1. The summed E-state index contributed by atoms with van der Waals surface area (Å²) >= 11 is 1.22. The van der Waals surface area contributed by atoms with Gasteiger partial charge in [0.25, 0.3) is 0 Å². The van der Waals surface area contributed by atoms with Crippen molar-refractivity contribution in [1.29, 1.82) is 0 Å². The Balaban J connectivity index is 2.27. The fraction of sp³-hybridized carbons (Fsp3) is 0.231. The Hall–Kier alpha value is -1.75. The van der Waals surface area contributed by atoms with Gasteiger partial charge in [-0.2, -0.15) is 0 Å². The molecule has 2 aromatic rings. The van der Waals surface area contributed by atoms with Crippen molar-refractivity contribution in [2.45, 2.75) is 18.5 Å². The maximum Gasteiger partial charge on any atom is 0.313 e. The van der Waals surface area contributed by atoms with Crippen LogP contribution in [0.15, 0.2) is 41.8 Å². The summed E-state index contributed by atoms with van der Waals surface area (Å²) in [5.41, 5.74) is 2.26. The lowest BCUT2D eigenvalue weighted by molar-refractivity contribution is -0.133. The Kier molecular flexibility index (Phi) is 4.04. The molecule has 0 unspecified atom stereocenters. The van der Waals surface area contributed by atoms with Crippen LogP contribution in [-0.4, -0.2) is 26.4 Å². The first kappa shape index (κ1) is 12.7. The SMILES string of the molecule is CCc1cccc(-n2ccnc2SCC(=O)O)c1. The van der Waals surface area contributed by atoms with E-state index < -0.39 is 5.97 Å². The van der Waals surface area contributed by atoms with Crippen LogP contribution < -0.4 is 0 Å². The van der Waals surface area contributed by atoms with Gasteiger partial charge in [0.1, 0.15) is 0 Å². The molecule has 0 radical (unpaired) electrons. The van der Waals surface area contributed by atoms with E-state index in [4.69, 9.17) is 5.11 Å². The first-order valence-electron chi connectivity index (χ1n) is 5.68. The number of carboxylic acid groups (broad SMARTS) is 1. The maximum atomic E-state index is 10.6. The van der Waals surface area contributed by atoms with Crippen molar-refractivity contribution in [2.75, 3.05) is 5.75 Å². The van der Waals surface area contributed by atoms with Crippen molar-refractivity contribution in [3.8, 4) is 5.69 Å². The third-order valence-corrected chi connectivity index (χ3v) is 3.48. The minimum atomic E-state index is -0.836. The molecule has 0 saturated carbocycles. The van der Waals surface area contributed by atoms with E-state index in [1.54, 1.807) is 6.20 Å². The zero-order chi connectivity index (χ0) is 13.0. The van der Waals surface area contributed by atoms with Gasteiger partial charge in [0, 0.05) is 18.1 Å². The first-order chi connectivity index (χ1) is 8.70. The molecule has 1 aromatic heterocycles. The predicted molar refractivity (Wildman–Crippen MR) is 71.3 cm³/mol. The summed E-state index contributed by atoms with van der Waals surface area (Å²) in [5.74, 6) is -0.818. The largest absolute Gasteiger partial charge is 0.481 e. The Morgan fingerprint density at radius 3 is 3.06 bits per heavy atom. The topological polar surface area (TPSA) is 55.1 Å². The van der Waals surface area contributed by atoms with Gasteiger partial charge in [0.2, 0.25) is 0 Å². The summed E-state index contributed by atoms with van der Waals surface area (Å²) in [5, 5.41) is 9.40. The number of hydrogen-bond donors (Lipinski definition) is 1. The van der Waals surface area contributed by atoms with Crippen LogP contribution >= 0.6 is 11.8 Å². The van der Waals surface area contributed by atoms with Gasteiger partial charge in [0.05, 0.1) is 5.75 Å². The van der Waals surface area contributed by atoms with Crippen molar-refractivity contribution >= 4 is 17.7 Å². The second kappa shape index (κ2) is 5.73. The molecule has 0 amide bonds. The van der Waals surface area contributed by atoms with Gasteiger partial charge in [-0.3, -0.25) is 9.36 Å². The molecular formula is C13H14N2O2S. The molecular weight excluding hydrogens is 248 g/mol. The van der Waals surface area contributed by atoms with E-state index in [1.807, 2.05) is 22.9 Å².